The molecule has 5 heteroatoms. The number of aromatic nitrogens is 1. The number of nitrogens with zero attached hydrogens (tertiary/aromatic N) is 1. The van der Waals surface area contributed by atoms with Gasteiger partial charge in [0, 0.05) is 18.1 Å². The zero-order chi connectivity index (χ0) is 15.2. The van der Waals surface area contributed by atoms with Crippen molar-refractivity contribution in [2.24, 2.45) is 0 Å². The summed E-state index contributed by atoms with van der Waals surface area (Å²) < 4.78 is 11.7. The van der Waals surface area contributed by atoms with Crippen molar-refractivity contribution in [2.75, 3.05) is 13.2 Å². The lowest BCUT2D eigenvalue weighted by Crippen LogP contribution is -2.11. The number of rotatable bonds is 5. The molecule has 0 aliphatic rings. The topological polar surface area (TPSA) is 57.5 Å². The Morgan fingerprint density at radius 1 is 0.905 bits per heavy atom. The fraction of sp³-hybridized carbons (Fsp3) is 0.250. The van der Waals surface area contributed by atoms with Crippen LogP contribution in [0.4, 0.5) is 0 Å². The minimum atomic E-state index is -0.532. The number of carbonyl (C=O) groups is 2. The van der Waals surface area contributed by atoms with Gasteiger partial charge in [-0.25, -0.2) is 9.59 Å². The first-order valence-corrected chi connectivity index (χ1v) is 6.79. The molecule has 1 heterocycles. The second-order valence-corrected chi connectivity index (χ2v) is 4.27. The number of ether oxygens (including phenoxy) is 2. The van der Waals surface area contributed by atoms with E-state index in [0.29, 0.717) is 0 Å². The van der Waals surface area contributed by atoms with Gasteiger partial charge in [-0.1, -0.05) is 18.2 Å². The Balaban J connectivity index is 2.44. The van der Waals surface area contributed by atoms with Crippen molar-refractivity contribution >= 4 is 11.9 Å². The van der Waals surface area contributed by atoms with Crippen LogP contribution in [0, 0.1) is 0 Å². The van der Waals surface area contributed by atoms with Crippen LogP contribution in [-0.2, 0) is 9.47 Å². The van der Waals surface area contributed by atoms with E-state index < -0.39 is 11.9 Å². The molecule has 0 fully saturated rings. The Morgan fingerprint density at radius 2 is 1.38 bits per heavy atom. The van der Waals surface area contributed by atoms with E-state index >= 15 is 0 Å². The molecule has 5 nitrogen and oxygen atoms in total. The Labute approximate surface area is 123 Å². The predicted octanol–water partition coefficient (Wildman–Crippen LogP) is 2.83. The smallest absolute Gasteiger partial charge is 0.340 e. The summed E-state index contributed by atoms with van der Waals surface area (Å²) in [6.07, 6.45) is 3.17. The molecule has 2 rings (SSSR count). The molecule has 0 atom stereocenters. The lowest BCUT2D eigenvalue weighted by Gasteiger charge is -2.02. The first-order valence-electron chi connectivity index (χ1n) is 6.79. The maximum Gasteiger partial charge on any atom is 0.340 e. The van der Waals surface area contributed by atoms with Crippen LogP contribution in [0.1, 0.15) is 34.6 Å². The molecule has 0 unspecified atom stereocenters. The molecule has 2 aromatic rings. The fourth-order valence-corrected chi connectivity index (χ4v) is 1.95. The third-order valence-electron chi connectivity index (χ3n) is 2.87. The average molecular weight is 287 g/mol. The van der Waals surface area contributed by atoms with Gasteiger partial charge in [0.2, 0.25) is 0 Å². The van der Waals surface area contributed by atoms with Gasteiger partial charge in [0.05, 0.1) is 24.3 Å². The molecule has 21 heavy (non-hydrogen) atoms. The van der Waals surface area contributed by atoms with Gasteiger partial charge in [0.15, 0.2) is 0 Å². The van der Waals surface area contributed by atoms with Crippen LogP contribution in [0.3, 0.4) is 0 Å². The van der Waals surface area contributed by atoms with Crippen molar-refractivity contribution in [1.29, 1.82) is 0 Å². The van der Waals surface area contributed by atoms with Crippen LogP contribution in [-0.4, -0.2) is 29.7 Å². The molecule has 0 radical (unpaired) electrons. The zero-order valence-electron chi connectivity index (χ0n) is 12.0. The van der Waals surface area contributed by atoms with Gasteiger partial charge in [-0.15, -0.1) is 0 Å². The Kier molecular flexibility index (Phi) is 4.77. The summed E-state index contributed by atoms with van der Waals surface area (Å²) in [7, 11) is 0. The molecule has 110 valence electrons. The van der Waals surface area contributed by atoms with E-state index in [4.69, 9.17) is 9.47 Å². The van der Waals surface area contributed by atoms with Crippen LogP contribution >= 0.6 is 0 Å². The van der Waals surface area contributed by atoms with Crippen molar-refractivity contribution in [2.45, 2.75) is 13.8 Å². The first kappa shape index (κ1) is 14.8. The highest BCUT2D eigenvalue weighted by molar-refractivity contribution is 6.03. The van der Waals surface area contributed by atoms with Crippen LogP contribution in [0.15, 0.2) is 42.7 Å². The van der Waals surface area contributed by atoms with E-state index in [1.54, 1.807) is 30.8 Å². The number of esters is 2. The third kappa shape index (κ3) is 3.31. The normalized spacial score (nSPS) is 10.2. The summed E-state index contributed by atoms with van der Waals surface area (Å²) in [5, 5.41) is 0. The van der Waals surface area contributed by atoms with Gasteiger partial charge >= 0.3 is 11.9 Å². The number of carbonyl (C=O) groups excluding carboxylic acids is 2. The minimum absolute atomic E-state index is 0.208. The highest BCUT2D eigenvalue weighted by atomic mass is 16.5. The van der Waals surface area contributed by atoms with Crippen LogP contribution in [0.25, 0.3) is 5.69 Å². The Morgan fingerprint density at radius 3 is 1.81 bits per heavy atom. The summed E-state index contributed by atoms with van der Waals surface area (Å²) in [4.78, 5) is 24.0. The van der Waals surface area contributed by atoms with Crippen LogP contribution < -0.4 is 0 Å². The lowest BCUT2D eigenvalue weighted by molar-refractivity contribution is 0.0480. The van der Waals surface area contributed by atoms with Crippen molar-refractivity contribution in [1.82, 2.24) is 4.57 Å². The van der Waals surface area contributed by atoms with E-state index in [1.807, 2.05) is 30.3 Å². The molecule has 0 aliphatic carbocycles. The summed E-state index contributed by atoms with van der Waals surface area (Å²) in [6, 6.07) is 9.41. The monoisotopic (exact) mass is 287 g/mol. The van der Waals surface area contributed by atoms with E-state index in [-0.39, 0.29) is 24.3 Å². The largest absolute Gasteiger partial charge is 0.462 e. The summed E-state index contributed by atoms with van der Waals surface area (Å²) >= 11 is 0. The van der Waals surface area contributed by atoms with Gasteiger partial charge in [-0.3, -0.25) is 0 Å². The highest BCUT2D eigenvalue weighted by Crippen LogP contribution is 2.18. The van der Waals surface area contributed by atoms with Gasteiger partial charge in [-0.05, 0) is 26.0 Å². The average Bonchev–Trinajstić information content (AvgIpc) is 2.94. The summed E-state index contributed by atoms with van der Waals surface area (Å²) in [5.41, 5.74) is 1.26. The van der Waals surface area contributed by atoms with E-state index in [9.17, 15) is 9.59 Å². The second-order valence-electron chi connectivity index (χ2n) is 4.27. The van der Waals surface area contributed by atoms with E-state index in [0.717, 1.165) is 5.69 Å². The zero-order valence-corrected chi connectivity index (χ0v) is 12.0. The number of hydrogen-bond donors (Lipinski definition) is 0. The number of hydrogen-bond acceptors (Lipinski definition) is 4. The Hall–Kier alpha value is -2.56. The molecule has 0 amide bonds. The molecule has 0 spiro atoms. The SMILES string of the molecule is CCOC(=O)c1cn(-c2ccccc2)cc1C(=O)OCC. The third-order valence-corrected chi connectivity index (χ3v) is 2.87. The fourth-order valence-electron chi connectivity index (χ4n) is 1.95. The number of benzene rings is 1. The quantitative estimate of drug-likeness (QED) is 0.793. The van der Waals surface area contributed by atoms with Crippen LogP contribution in [0.5, 0.6) is 0 Å². The molecule has 0 saturated carbocycles. The van der Waals surface area contributed by atoms with Crippen molar-refractivity contribution in [3.8, 4) is 5.69 Å². The van der Waals surface area contributed by atoms with Crippen molar-refractivity contribution in [3.05, 3.63) is 53.9 Å². The lowest BCUT2D eigenvalue weighted by atomic mass is 10.2. The molecule has 1 aromatic heterocycles. The number of para-hydroxylation sites is 1. The summed E-state index contributed by atoms with van der Waals surface area (Å²) in [5.74, 6) is -1.06. The second kappa shape index (κ2) is 6.74. The predicted molar refractivity (Wildman–Crippen MR) is 77.7 cm³/mol. The molecule has 0 N–H and O–H groups in total. The molecule has 0 saturated heterocycles. The molecule has 0 aliphatic heterocycles. The molecular formula is C16H17NO4. The maximum absolute atomic E-state index is 12.0. The maximum atomic E-state index is 12.0. The highest BCUT2D eigenvalue weighted by Gasteiger charge is 2.22. The van der Waals surface area contributed by atoms with Crippen LogP contribution in [0.2, 0.25) is 0 Å². The standard InChI is InChI=1S/C16H17NO4/c1-3-20-15(18)13-10-17(12-8-6-5-7-9-12)11-14(13)16(19)21-4-2/h5-11H,3-4H2,1-2H3. The first-order chi connectivity index (χ1) is 10.2. The summed E-state index contributed by atoms with van der Waals surface area (Å²) in [6.45, 7) is 3.93. The van der Waals surface area contributed by atoms with Gasteiger partial charge in [-0.2, -0.15) is 0 Å². The van der Waals surface area contributed by atoms with Gasteiger partial charge < -0.3 is 14.0 Å². The molecule has 1 aromatic carbocycles. The van der Waals surface area contributed by atoms with E-state index in [2.05, 4.69) is 0 Å². The van der Waals surface area contributed by atoms with E-state index in [1.165, 1.54) is 0 Å². The van der Waals surface area contributed by atoms with Crippen molar-refractivity contribution < 1.29 is 19.1 Å². The van der Waals surface area contributed by atoms with Gasteiger partial charge in [0.25, 0.3) is 0 Å². The minimum Gasteiger partial charge on any atom is -0.462 e. The Bertz CT molecular complexity index is 595. The van der Waals surface area contributed by atoms with Gasteiger partial charge in [0.1, 0.15) is 0 Å². The molecule has 0 bridgehead atoms. The van der Waals surface area contributed by atoms with Crippen molar-refractivity contribution in [3.63, 3.8) is 0 Å². The molecular weight excluding hydrogens is 270 g/mol.